The van der Waals surface area contributed by atoms with Gasteiger partial charge in [-0.15, -0.1) is 11.8 Å². The number of hydrogen-bond acceptors (Lipinski definition) is 4. The van der Waals surface area contributed by atoms with Crippen molar-refractivity contribution in [3.8, 4) is 0 Å². The van der Waals surface area contributed by atoms with Gasteiger partial charge < -0.3 is 15.5 Å². The van der Waals surface area contributed by atoms with Crippen LogP contribution >= 0.6 is 11.8 Å². The second-order valence-corrected chi connectivity index (χ2v) is 9.26. The van der Waals surface area contributed by atoms with Gasteiger partial charge in [-0.05, 0) is 49.7 Å². The number of anilines is 2. The number of carbonyl (C=O) groups excluding carboxylic acids is 3. The minimum absolute atomic E-state index is 0.0974. The lowest BCUT2D eigenvalue weighted by molar-refractivity contribution is -0.121. The highest BCUT2D eigenvalue weighted by Gasteiger charge is 2.57. The first kappa shape index (κ1) is 18.6. The Bertz CT molecular complexity index is 971. The maximum Gasteiger partial charge on any atom is 0.256 e. The van der Waals surface area contributed by atoms with Crippen molar-refractivity contribution < 1.29 is 14.4 Å². The first-order chi connectivity index (χ1) is 13.3. The third-order valence-corrected chi connectivity index (χ3v) is 6.55. The molecule has 0 aliphatic carbocycles. The van der Waals surface area contributed by atoms with Crippen molar-refractivity contribution in [3.05, 3.63) is 59.7 Å². The smallest absolute Gasteiger partial charge is 0.256 e. The van der Waals surface area contributed by atoms with Gasteiger partial charge >= 0.3 is 0 Å². The Morgan fingerprint density at radius 2 is 1.61 bits per heavy atom. The zero-order valence-corrected chi connectivity index (χ0v) is 16.7. The normalized spacial score (nSPS) is 21.8. The molecule has 1 fully saturated rings. The maximum absolute atomic E-state index is 13.1. The minimum Gasteiger partial charge on any atom is -0.326 e. The number of amides is 3. The van der Waals surface area contributed by atoms with Crippen molar-refractivity contribution in [2.24, 2.45) is 0 Å². The van der Waals surface area contributed by atoms with Crippen LogP contribution in [0.3, 0.4) is 0 Å². The van der Waals surface area contributed by atoms with Gasteiger partial charge in [-0.1, -0.05) is 18.2 Å². The monoisotopic (exact) mass is 395 g/mol. The number of nitrogens with one attached hydrogen (secondary N) is 2. The van der Waals surface area contributed by atoms with Crippen LogP contribution in [-0.2, 0) is 9.59 Å². The summed E-state index contributed by atoms with van der Waals surface area (Å²) >= 11 is 1.64. The molecule has 2 aromatic rings. The van der Waals surface area contributed by atoms with Gasteiger partial charge in [0.1, 0.15) is 11.4 Å². The van der Waals surface area contributed by atoms with E-state index in [0.717, 1.165) is 5.56 Å². The van der Waals surface area contributed by atoms with Gasteiger partial charge in [0.25, 0.3) is 5.91 Å². The van der Waals surface area contributed by atoms with E-state index in [0.29, 0.717) is 16.9 Å². The van der Waals surface area contributed by atoms with Crippen molar-refractivity contribution in [1.29, 1.82) is 0 Å². The molecule has 2 aromatic carbocycles. The molecule has 0 spiro atoms. The lowest BCUT2D eigenvalue weighted by Gasteiger charge is -2.29. The number of hydrogen-bond donors (Lipinski definition) is 2. The van der Waals surface area contributed by atoms with Crippen LogP contribution in [-0.4, -0.2) is 33.4 Å². The average Bonchev–Trinajstić information content (AvgIpc) is 3.06. The highest BCUT2D eigenvalue weighted by atomic mass is 32.2. The zero-order valence-electron chi connectivity index (χ0n) is 15.9. The van der Waals surface area contributed by atoms with Crippen LogP contribution in [0.2, 0.25) is 0 Å². The van der Waals surface area contributed by atoms with E-state index in [2.05, 4.69) is 10.6 Å². The Morgan fingerprint density at radius 3 is 2.25 bits per heavy atom. The molecular weight excluding hydrogens is 374 g/mol. The number of nitrogens with zero attached hydrogens (tertiary/aromatic N) is 1. The number of carbonyl (C=O) groups is 3. The standard InChI is InChI=1S/C21H21N3O3S/c1-12(25)22-13-8-10-14(11-9-13)23-18(26)17-21(2,3)28-20-16-7-5-4-6-15(16)19(27)24(17)20/h4-11,17,20H,1-3H3,(H,22,25)(H,23,26)/t17-,20+/m1/s1. The fraction of sp³-hybridized carbons (Fsp3) is 0.286. The highest BCUT2D eigenvalue weighted by Crippen LogP contribution is 2.56. The zero-order chi connectivity index (χ0) is 20.1. The summed E-state index contributed by atoms with van der Waals surface area (Å²) in [6.07, 6.45) is 0. The summed E-state index contributed by atoms with van der Waals surface area (Å²) in [5.41, 5.74) is 2.92. The molecule has 6 nitrogen and oxygen atoms in total. The van der Waals surface area contributed by atoms with E-state index in [1.54, 1.807) is 40.9 Å². The number of rotatable bonds is 3. The van der Waals surface area contributed by atoms with Crippen molar-refractivity contribution in [3.63, 3.8) is 0 Å². The van der Waals surface area contributed by atoms with Crippen LogP contribution in [0.4, 0.5) is 11.4 Å². The maximum atomic E-state index is 13.1. The van der Waals surface area contributed by atoms with Gasteiger partial charge in [0.05, 0.1) is 0 Å². The third kappa shape index (κ3) is 3.05. The molecule has 2 aliphatic heterocycles. The fourth-order valence-corrected chi connectivity index (χ4v) is 5.44. The van der Waals surface area contributed by atoms with E-state index in [-0.39, 0.29) is 23.1 Å². The molecule has 28 heavy (non-hydrogen) atoms. The van der Waals surface area contributed by atoms with Gasteiger partial charge in [-0.25, -0.2) is 0 Å². The summed E-state index contributed by atoms with van der Waals surface area (Å²) in [6, 6.07) is 13.9. The second-order valence-electron chi connectivity index (χ2n) is 7.52. The fourth-order valence-electron chi connectivity index (χ4n) is 3.86. The first-order valence-corrected chi connectivity index (χ1v) is 9.94. The minimum atomic E-state index is -0.586. The molecule has 144 valence electrons. The first-order valence-electron chi connectivity index (χ1n) is 9.06. The van der Waals surface area contributed by atoms with Crippen molar-refractivity contribution in [2.75, 3.05) is 10.6 Å². The Hall–Kier alpha value is -2.80. The third-order valence-electron chi connectivity index (χ3n) is 5.02. The largest absolute Gasteiger partial charge is 0.326 e. The van der Waals surface area contributed by atoms with E-state index in [1.807, 2.05) is 38.1 Å². The van der Waals surface area contributed by atoms with E-state index < -0.39 is 10.8 Å². The quantitative estimate of drug-likeness (QED) is 0.832. The van der Waals surface area contributed by atoms with E-state index in [9.17, 15) is 14.4 Å². The lowest BCUT2D eigenvalue weighted by atomic mass is 10.0. The van der Waals surface area contributed by atoms with Crippen LogP contribution in [0.5, 0.6) is 0 Å². The van der Waals surface area contributed by atoms with Gasteiger partial charge in [-0.2, -0.15) is 0 Å². The number of thioether (sulfide) groups is 1. The van der Waals surface area contributed by atoms with Crippen molar-refractivity contribution in [2.45, 2.75) is 36.9 Å². The Morgan fingerprint density at radius 1 is 1.00 bits per heavy atom. The van der Waals surface area contributed by atoms with Gasteiger partial charge in [0, 0.05) is 28.6 Å². The Labute approximate surface area is 167 Å². The topological polar surface area (TPSA) is 78.5 Å². The van der Waals surface area contributed by atoms with Crippen molar-refractivity contribution >= 4 is 40.9 Å². The summed E-state index contributed by atoms with van der Waals surface area (Å²) in [6.45, 7) is 5.43. The molecule has 2 heterocycles. The lowest BCUT2D eigenvalue weighted by Crippen LogP contribution is -2.50. The molecule has 0 unspecified atom stereocenters. The summed E-state index contributed by atoms with van der Waals surface area (Å²) in [5.74, 6) is -0.465. The summed E-state index contributed by atoms with van der Waals surface area (Å²) in [4.78, 5) is 39.0. The molecule has 0 radical (unpaired) electrons. The summed E-state index contributed by atoms with van der Waals surface area (Å²) in [5, 5.41) is 5.47. The average molecular weight is 395 g/mol. The highest BCUT2D eigenvalue weighted by molar-refractivity contribution is 8.01. The Kier molecular flexibility index (Phi) is 4.42. The van der Waals surface area contributed by atoms with Gasteiger partial charge in [-0.3, -0.25) is 14.4 Å². The SMILES string of the molecule is CC(=O)Nc1ccc(NC(=O)[C@H]2N3C(=O)c4ccccc4[C@@H]3SC2(C)C)cc1. The van der Waals surface area contributed by atoms with Gasteiger partial charge in [0.2, 0.25) is 11.8 Å². The molecule has 1 saturated heterocycles. The Balaban J connectivity index is 1.57. The van der Waals surface area contributed by atoms with Crippen LogP contribution < -0.4 is 10.6 Å². The van der Waals surface area contributed by atoms with Gasteiger partial charge in [0.15, 0.2) is 0 Å². The predicted octanol–water partition coefficient (Wildman–Crippen LogP) is 3.63. The molecule has 0 bridgehead atoms. The second kappa shape index (κ2) is 6.67. The summed E-state index contributed by atoms with van der Waals surface area (Å²) in [7, 11) is 0. The van der Waals surface area contributed by atoms with Crippen LogP contribution in [0, 0.1) is 0 Å². The molecule has 4 rings (SSSR count). The molecule has 2 N–H and O–H groups in total. The molecular formula is C21H21N3O3S. The van der Waals surface area contributed by atoms with Crippen LogP contribution in [0.1, 0.15) is 42.1 Å². The van der Waals surface area contributed by atoms with Crippen LogP contribution in [0.15, 0.2) is 48.5 Å². The van der Waals surface area contributed by atoms with Crippen molar-refractivity contribution in [1.82, 2.24) is 4.90 Å². The summed E-state index contributed by atoms with van der Waals surface area (Å²) < 4.78 is -0.423. The van der Waals surface area contributed by atoms with E-state index in [4.69, 9.17) is 0 Å². The number of benzene rings is 2. The molecule has 0 saturated carbocycles. The van der Waals surface area contributed by atoms with Crippen LogP contribution in [0.25, 0.3) is 0 Å². The molecule has 3 amide bonds. The predicted molar refractivity (Wildman–Crippen MR) is 110 cm³/mol. The molecule has 2 atom stereocenters. The molecule has 0 aromatic heterocycles. The molecule has 2 aliphatic rings. The van der Waals surface area contributed by atoms with E-state index >= 15 is 0 Å². The van der Waals surface area contributed by atoms with E-state index in [1.165, 1.54) is 6.92 Å². The molecule has 7 heteroatoms. The number of fused-ring (bicyclic) bond motifs is 3.